The van der Waals surface area contributed by atoms with E-state index < -0.39 is 12.1 Å². The highest BCUT2D eigenvalue weighted by atomic mass is 19.4. The molecule has 0 radical (unpaired) electrons. The van der Waals surface area contributed by atoms with E-state index in [-0.39, 0.29) is 19.1 Å². The molecule has 98 valence electrons. The Balaban J connectivity index is 4.35. The maximum absolute atomic E-state index is 12.5. The Morgan fingerprint density at radius 1 is 1.31 bits per heavy atom. The smallest absolute Gasteiger partial charge is 0.383 e. The van der Waals surface area contributed by atoms with Crippen LogP contribution in [-0.4, -0.2) is 50.5 Å². The Kier molecular flexibility index (Phi) is 6.94. The topological polar surface area (TPSA) is 38.5 Å². The summed E-state index contributed by atoms with van der Waals surface area (Å²) in [5.41, 5.74) is 5.16. The average Bonchev–Trinajstić information content (AvgIpc) is 2.15. The molecule has 0 aromatic carbocycles. The van der Waals surface area contributed by atoms with Crippen molar-refractivity contribution >= 4 is 0 Å². The van der Waals surface area contributed by atoms with Crippen LogP contribution in [0.5, 0.6) is 0 Å². The summed E-state index contributed by atoms with van der Waals surface area (Å²) in [5.74, 6) is -1.47. The summed E-state index contributed by atoms with van der Waals surface area (Å²) in [6.07, 6.45) is -4.23. The van der Waals surface area contributed by atoms with Gasteiger partial charge in [0.05, 0.1) is 12.5 Å². The lowest BCUT2D eigenvalue weighted by atomic mass is 10.1. The lowest BCUT2D eigenvalue weighted by Crippen LogP contribution is -2.44. The Hall–Kier alpha value is -0.330. The van der Waals surface area contributed by atoms with E-state index in [4.69, 9.17) is 10.5 Å². The van der Waals surface area contributed by atoms with Gasteiger partial charge in [0.15, 0.2) is 0 Å². The SMILES string of the molecule is COCCN(CC(CN)C(F)(F)F)C(C)C. The molecular formula is C10H21F3N2O. The van der Waals surface area contributed by atoms with Crippen LogP contribution in [0.15, 0.2) is 0 Å². The highest BCUT2D eigenvalue weighted by Crippen LogP contribution is 2.26. The van der Waals surface area contributed by atoms with Crippen LogP contribution in [0.25, 0.3) is 0 Å². The third-order valence-corrected chi connectivity index (χ3v) is 2.52. The standard InChI is InChI=1S/C10H21F3N2O/c1-8(2)15(4-5-16-3)7-9(6-14)10(11,12)13/h8-9H,4-7,14H2,1-3H3. The minimum atomic E-state index is -4.23. The van der Waals surface area contributed by atoms with Gasteiger partial charge < -0.3 is 10.5 Å². The third kappa shape index (κ3) is 5.67. The lowest BCUT2D eigenvalue weighted by molar-refractivity contribution is -0.177. The van der Waals surface area contributed by atoms with Crippen LogP contribution >= 0.6 is 0 Å². The van der Waals surface area contributed by atoms with Crippen LogP contribution in [0.3, 0.4) is 0 Å². The van der Waals surface area contributed by atoms with E-state index in [0.717, 1.165) is 0 Å². The molecule has 0 aliphatic heterocycles. The summed E-state index contributed by atoms with van der Waals surface area (Å²) in [7, 11) is 1.53. The molecule has 0 aromatic rings. The number of nitrogens with two attached hydrogens (primary N) is 1. The summed E-state index contributed by atoms with van der Waals surface area (Å²) in [4.78, 5) is 1.73. The predicted octanol–water partition coefficient (Wildman–Crippen LogP) is 1.48. The maximum Gasteiger partial charge on any atom is 0.394 e. The zero-order valence-corrected chi connectivity index (χ0v) is 10.0. The zero-order chi connectivity index (χ0) is 12.8. The van der Waals surface area contributed by atoms with Gasteiger partial charge in [0.1, 0.15) is 0 Å². The minimum Gasteiger partial charge on any atom is -0.383 e. The molecule has 0 heterocycles. The number of ether oxygens (including phenoxy) is 1. The van der Waals surface area contributed by atoms with Crippen LogP contribution in [0.1, 0.15) is 13.8 Å². The number of halogens is 3. The van der Waals surface area contributed by atoms with E-state index in [1.807, 2.05) is 13.8 Å². The molecule has 6 heteroatoms. The highest BCUT2D eigenvalue weighted by Gasteiger charge is 2.39. The molecule has 0 spiro atoms. The number of rotatable bonds is 7. The summed E-state index contributed by atoms with van der Waals surface area (Å²) in [5, 5.41) is 0. The first kappa shape index (κ1) is 15.7. The van der Waals surface area contributed by atoms with Gasteiger partial charge in [-0.2, -0.15) is 13.2 Å². The molecule has 0 bridgehead atoms. The third-order valence-electron chi connectivity index (χ3n) is 2.52. The predicted molar refractivity (Wildman–Crippen MR) is 57.2 cm³/mol. The van der Waals surface area contributed by atoms with Crippen molar-refractivity contribution in [3.8, 4) is 0 Å². The van der Waals surface area contributed by atoms with Crippen LogP contribution in [0.2, 0.25) is 0 Å². The summed E-state index contributed by atoms with van der Waals surface area (Å²) in [6, 6.07) is 0.0477. The first-order valence-corrected chi connectivity index (χ1v) is 5.32. The number of hydrogen-bond donors (Lipinski definition) is 1. The highest BCUT2D eigenvalue weighted by molar-refractivity contribution is 4.75. The molecule has 3 nitrogen and oxygen atoms in total. The fraction of sp³-hybridized carbons (Fsp3) is 1.00. The monoisotopic (exact) mass is 242 g/mol. The quantitative estimate of drug-likeness (QED) is 0.735. The van der Waals surface area contributed by atoms with Crippen molar-refractivity contribution in [3.63, 3.8) is 0 Å². The van der Waals surface area contributed by atoms with Crippen LogP contribution in [-0.2, 0) is 4.74 Å². The molecule has 0 aromatic heterocycles. The number of alkyl halides is 3. The van der Waals surface area contributed by atoms with E-state index in [0.29, 0.717) is 13.2 Å². The molecule has 2 N–H and O–H groups in total. The average molecular weight is 242 g/mol. The summed E-state index contributed by atoms with van der Waals surface area (Å²) < 4.78 is 42.5. The van der Waals surface area contributed by atoms with Gasteiger partial charge in [-0.1, -0.05) is 0 Å². The Bertz CT molecular complexity index is 185. The molecule has 16 heavy (non-hydrogen) atoms. The molecule has 0 saturated carbocycles. The van der Waals surface area contributed by atoms with Crippen LogP contribution < -0.4 is 5.73 Å². The van der Waals surface area contributed by atoms with E-state index in [1.54, 1.807) is 4.90 Å². The number of methoxy groups -OCH3 is 1. The Morgan fingerprint density at radius 3 is 2.19 bits per heavy atom. The molecule has 1 atom stereocenters. The molecule has 0 rings (SSSR count). The molecule has 0 amide bonds. The van der Waals surface area contributed by atoms with E-state index in [1.165, 1.54) is 7.11 Å². The largest absolute Gasteiger partial charge is 0.394 e. The first-order valence-electron chi connectivity index (χ1n) is 5.32. The molecule has 0 aliphatic carbocycles. The second-order valence-corrected chi connectivity index (χ2v) is 4.06. The van der Waals surface area contributed by atoms with Crippen molar-refractivity contribution in [3.05, 3.63) is 0 Å². The minimum absolute atomic E-state index is 0.0477. The molecule has 0 saturated heterocycles. The van der Waals surface area contributed by atoms with Crippen molar-refractivity contribution in [2.75, 3.05) is 33.4 Å². The van der Waals surface area contributed by atoms with Gasteiger partial charge in [0, 0.05) is 32.8 Å². The second-order valence-electron chi connectivity index (χ2n) is 4.06. The van der Waals surface area contributed by atoms with Crippen molar-refractivity contribution < 1.29 is 17.9 Å². The van der Waals surface area contributed by atoms with Crippen molar-refractivity contribution in [2.24, 2.45) is 11.7 Å². The first-order chi connectivity index (χ1) is 7.32. The van der Waals surface area contributed by atoms with Gasteiger partial charge in [0.2, 0.25) is 0 Å². The van der Waals surface area contributed by atoms with Crippen LogP contribution in [0, 0.1) is 5.92 Å². The molecule has 0 fully saturated rings. The normalized spacial score (nSPS) is 14.8. The fourth-order valence-corrected chi connectivity index (χ4v) is 1.36. The molecule has 1 unspecified atom stereocenters. The van der Waals surface area contributed by atoms with Crippen LogP contribution in [0.4, 0.5) is 13.2 Å². The van der Waals surface area contributed by atoms with Gasteiger partial charge in [-0.3, -0.25) is 4.90 Å². The maximum atomic E-state index is 12.5. The van der Waals surface area contributed by atoms with Gasteiger partial charge in [0.25, 0.3) is 0 Å². The Labute approximate surface area is 94.7 Å². The lowest BCUT2D eigenvalue weighted by Gasteiger charge is -2.30. The number of nitrogens with zero attached hydrogens (tertiary/aromatic N) is 1. The van der Waals surface area contributed by atoms with Gasteiger partial charge in [-0.05, 0) is 13.8 Å². The van der Waals surface area contributed by atoms with Gasteiger partial charge >= 0.3 is 6.18 Å². The summed E-state index contributed by atoms with van der Waals surface area (Å²) in [6.45, 7) is 4.19. The van der Waals surface area contributed by atoms with Crippen molar-refractivity contribution in [1.82, 2.24) is 4.90 Å². The second kappa shape index (κ2) is 7.09. The molecular weight excluding hydrogens is 221 g/mol. The summed E-state index contributed by atoms with van der Waals surface area (Å²) >= 11 is 0. The van der Waals surface area contributed by atoms with E-state index >= 15 is 0 Å². The van der Waals surface area contributed by atoms with Crippen molar-refractivity contribution in [1.29, 1.82) is 0 Å². The Morgan fingerprint density at radius 2 is 1.88 bits per heavy atom. The van der Waals surface area contributed by atoms with E-state index in [9.17, 15) is 13.2 Å². The zero-order valence-electron chi connectivity index (χ0n) is 10.0. The fourth-order valence-electron chi connectivity index (χ4n) is 1.36. The number of hydrogen-bond acceptors (Lipinski definition) is 3. The van der Waals surface area contributed by atoms with Crippen molar-refractivity contribution in [2.45, 2.75) is 26.1 Å². The van der Waals surface area contributed by atoms with E-state index in [2.05, 4.69) is 0 Å². The van der Waals surface area contributed by atoms with Gasteiger partial charge in [-0.25, -0.2) is 0 Å². The molecule has 0 aliphatic rings. The van der Waals surface area contributed by atoms with Gasteiger partial charge in [-0.15, -0.1) is 0 Å².